The van der Waals surface area contributed by atoms with Gasteiger partial charge in [0.15, 0.2) is 0 Å². The molecule has 1 aromatic carbocycles. The van der Waals surface area contributed by atoms with E-state index in [1.54, 1.807) is 6.08 Å². The lowest BCUT2D eigenvalue weighted by molar-refractivity contribution is 0.200. The summed E-state index contributed by atoms with van der Waals surface area (Å²) in [7, 11) is 0. The average molecular weight is 362 g/mol. The summed E-state index contributed by atoms with van der Waals surface area (Å²) < 4.78 is 14.0. The highest BCUT2D eigenvalue weighted by molar-refractivity contribution is 6.42. The van der Waals surface area contributed by atoms with Crippen molar-refractivity contribution in [1.29, 1.82) is 0 Å². The summed E-state index contributed by atoms with van der Waals surface area (Å²) in [6, 6.07) is 2.58. The molecule has 0 radical (unpaired) electrons. The minimum atomic E-state index is -0.340. The van der Waals surface area contributed by atoms with Crippen molar-refractivity contribution >= 4 is 48.0 Å². The van der Waals surface area contributed by atoms with Gasteiger partial charge in [0.25, 0.3) is 0 Å². The molecule has 7 heteroatoms. The third kappa shape index (κ3) is 4.23. The van der Waals surface area contributed by atoms with E-state index >= 15 is 0 Å². The van der Waals surface area contributed by atoms with E-state index in [1.165, 1.54) is 12.1 Å². The molecule has 1 saturated heterocycles. The van der Waals surface area contributed by atoms with Gasteiger partial charge < -0.3 is 5.32 Å². The number of benzene rings is 1. The first-order valence-corrected chi connectivity index (χ1v) is 6.61. The molecule has 114 valence electrons. The van der Waals surface area contributed by atoms with Crippen LogP contribution < -0.4 is 5.32 Å². The fraction of sp³-hybridized carbons (Fsp3) is 0.385. The molecule has 0 aromatic heterocycles. The highest BCUT2D eigenvalue weighted by Gasteiger charge is 2.25. The molecule has 0 bridgehead atoms. The standard InChI is InChI=1S/C13H15Cl2FN2.2ClH/c1-2-11(18-7-5-17-6-8-18)12-10(16)4-3-9(14)13(12)15;;/h2-4,11,17H,1,5-8H2;2*1H/t11-;;/m0../s1. The van der Waals surface area contributed by atoms with Crippen molar-refractivity contribution in [1.82, 2.24) is 10.2 Å². The van der Waals surface area contributed by atoms with E-state index in [1.807, 2.05) is 0 Å². The number of nitrogens with one attached hydrogen (secondary N) is 1. The molecule has 0 unspecified atom stereocenters. The molecule has 1 heterocycles. The van der Waals surface area contributed by atoms with E-state index in [0.717, 1.165) is 26.2 Å². The second-order valence-corrected chi connectivity index (χ2v) is 5.01. The minimum Gasteiger partial charge on any atom is -0.314 e. The fourth-order valence-electron chi connectivity index (χ4n) is 2.22. The molecule has 2 nitrogen and oxygen atoms in total. The largest absolute Gasteiger partial charge is 0.314 e. The Labute approximate surface area is 141 Å². The van der Waals surface area contributed by atoms with Gasteiger partial charge >= 0.3 is 0 Å². The lowest BCUT2D eigenvalue weighted by Gasteiger charge is -2.34. The van der Waals surface area contributed by atoms with Crippen LogP contribution in [0, 0.1) is 5.82 Å². The third-order valence-corrected chi connectivity index (χ3v) is 3.96. The Bertz CT molecular complexity index is 450. The second kappa shape index (κ2) is 9.08. The van der Waals surface area contributed by atoms with Gasteiger partial charge in [0.1, 0.15) is 5.82 Å². The van der Waals surface area contributed by atoms with Crippen LogP contribution in [0.2, 0.25) is 10.0 Å². The highest BCUT2D eigenvalue weighted by atomic mass is 35.5. The maximum absolute atomic E-state index is 14.0. The van der Waals surface area contributed by atoms with Crippen molar-refractivity contribution in [3.05, 3.63) is 46.2 Å². The smallest absolute Gasteiger partial charge is 0.129 e. The maximum Gasteiger partial charge on any atom is 0.129 e. The Kier molecular flexibility index (Phi) is 9.07. The average Bonchev–Trinajstić information content (AvgIpc) is 2.40. The summed E-state index contributed by atoms with van der Waals surface area (Å²) in [5.41, 5.74) is 0.418. The fourth-order valence-corrected chi connectivity index (χ4v) is 2.65. The first-order valence-electron chi connectivity index (χ1n) is 5.86. The molecular formula is C13H17Cl4FN2. The normalized spacial score (nSPS) is 16.8. The molecule has 1 aliphatic heterocycles. The van der Waals surface area contributed by atoms with Crippen LogP contribution in [-0.2, 0) is 0 Å². The first kappa shape index (κ1) is 20.0. The first-order chi connectivity index (χ1) is 8.65. The van der Waals surface area contributed by atoms with Crippen LogP contribution in [0.5, 0.6) is 0 Å². The molecular weight excluding hydrogens is 345 g/mol. The molecule has 2 rings (SSSR count). The van der Waals surface area contributed by atoms with Crippen molar-refractivity contribution in [3.63, 3.8) is 0 Å². The number of hydrogen-bond acceptors (Lipinski definition) is 2. The molecule has 0 saturated carbocycles. The van der Waals surface area contributed by atoms with E-state index in [0.29, 0.717) is 10.6 Å². The lowest BCUT2D eigenvalue weighted by Crippen LogP contribution is -2.44. The molecule has 1 aromatic rings. The molecule has 1 aliphatic rings. The van der Waals surface area contributed by atoms with Gasteiger partial charge in [-0.05, 0) is 12.1 Å². The third-order valence-electron chi connectivity index (χ3n) is 3.14. The van der Waals surface area contributed by atoms with Gasteiger partial charge in [-0.1, -0.05) is 29.3 Å². The summed E-state index contributed by atoms with van der Waals surface area (Å²) in [6.45, 7) is 7.22. The van der Waals surface area contributed by atoms with Gasteiger partial charge in [0.05, 0.1) is 16.1 Å². The van der Waals surface area contributed by atoms with E-state index in [2.05, 4.69) is 16.8 Å². The summed E-state index contributed by atoms with van der Waals surface area (Å²) in [6.07, 6.45) is 1.71. The van der Waals surface area contributed by atoms with Crippen LogP contribution in [0.25, 0.3) is 0 Å². The molecule has 1 fully saturated rings. The zero-order chi connectivity index (χ0) is 13.1. The second-order valence-electron chi connectivity index (χ2n) is 4.22. The van der Waals surface area contributed by atoms with Crippen molar-refractivity contribution in [2.75, 3.05) is 26.2 Å². The van der Waals surface area contributed by atoms with Crippen LogP contribution in [0.15, 0.2) is 24.8 Å². The molecule has 1 atom stereocenters. The maximum atomic E-state index is 14.0. The van der Waals surface area contributed by atoms with E-state index < -0.39 is 0 Å². The lowest BCUT2D eigenvalue weighted by atomic mass is 10.0. The van der Waals surface area contributed by atoms with Crippen molar-refractivity contribution in [2.45, 2.75) is 6.04 Å². The van der Waals surface area contributed by atoms with Crippen molar-refractivity contribution in [2.24, 2.45) is 0 Å². The van der Waals surface area contributed by atoms with Crippen LogP contribution >= 0.6 is 48.0 Å². The summed E-state index contributed by atoms with van der Waals surface area (Å²) in [4.78, 5) is 2.14. The Balaban J connectivity index is 0.00000180. The van der Waals surface area contributed by atoms with Gasteiger partial charge in [0.2, 0.25) is 0 Å². The number of piperazine rings is 1. The quantitative estimate of drug-likeness (QED) is 0.643. The molecule has 0 aliphatic carbocycles. The summed E-state index contributed by atoms with van der Waals surface area (Å²) in [5, 5.41) is 3.91. The molecule has 0 amide bonds. The molecule has 0 spiro atoms. The van der Waals surface area contributed by atoms with Crippen LogP contribution in [0.1, 0.15) is 11.6 Å². The van der Waals surface area contributed by atoms with E-state index in [9.17, 15) is 4.39 Å². The predicted molar refractivity (Wildman–Crippen MR) is 88.3 cm³/mol. The summed E-state index contributed by atoms with van der Waals surface area (Å²) >= 11 is 12.1. The van der Waals surface area contributed by atoms with E-state index in [4.69, 9.17) is 23.2 Å². The zero-order valence-corrected chi connectivity index (χ0v) is 13.9. The Morgan fingerprint density at radius 2 is 1.85 bits per heavy atom. The van der Waals surface area contributed by atoms with Crippen LogP contribution in [0.4, 0.5) is 4.39 Å². The predicted octanol–water partition coefficient (Wildman–Crippen LogP) is 4.11. The molecule has 20 heavy (non-hydrogen) atoms. The Hall–Kier alpha value is -0.0300. The number of nitrogens with zero attached hydrogens (tertiary/aromatic N) is 1. The Morgan fingerprint density at radius 1 is 1.25 bits per heavy atom. The highest BCUT2D eigenvalue weighted by Crippen LogP contribution is 2.35. The zero-order valence-electron chi connectivity index (χ0n) is 10.7. The van der Waals surface area contributed by atoms with Crippen molar-refractivity contribution in [3.8, 4) is 0 Å². The Morgan fingerprint density at radius 3 is 2.40 bits per heavy atom. The van der Waals surface area contributed by atoms with Crippen LogP contribution in [0.3, 0.4) is 0 Å². The minimum absolute atomic E-state index is 0. The monoisotopic (exact) mass is 360 g/mol. The van der Waals surface area contributed by atoms with Crippen LogP contribution in [-0.4, -0.2) is 31.1 Å². The summed E-state index contributed by atoms with van der Waals surface area (Å²) in [5.74, 6) is -0.340. The van der Waals surface area contributed by atoms with Gasteiger partial charge in [-0.3, -0.25) is 4.90 Å². The number of rotatable bonds is 3. The SMILES string of the molecule is C=C[C@@H](c1c(F)ccc(Cl)c1Cl)N1CCNCC1.Cl.Cl. The van der Waals surface area contributed by atoms with Gasteiger partial charge in [-0.2, -0.15) is 0 Å². The van der Waals surface area contributed by atoms with Gasteiger partial charge in [-0.25, -0.2) is 4.39 Å². The van der Waals surface area contributed by atoms with E-state index in [-0.39, 0.29) is 41.7 Å². The van der Waals surface area contributed by atoms with Gasteiger partial charge in [0, 0.05) is 31.7 Å². The van der Waals surface area contributed by atoms with Gasteiger partial charge in [-0.15, -0.1) is 31.4 Å². The molecule has 1 N–H and O–H groups in total. The topological polar surface area (TPSA) is 15.3 Å². The van der Waals surface area contributed by atoms with Crippen molar-refractivity contribution < 1.29 is 4.39 Å². The number of hydrogen-bond donors (Lipinski definition) is 1. The number of halogens is 5.